The van der Waals surface area contributed by atoms with Crippen molar-refractivity contribution in [3.8, 4) is 0 Å². The fraction of sp³-hybridized carbons (Fsp3) is 0.273. The van der Waals surface area contributed by atoms with E-state index in [4.69, 9.17) is 0 Å². The maximum atomic E-state index is 11.8. The van der Waals surface area contributed by atoms with Gasteiger partial charge in [-0.1, -0.05) is 0 Å². The lowest BCUT2D eigenvalue weighted by Gasteiger charge is -2.02. The predicted molar refractivity (Wildman–Crippen MR) is 66.2 cm³/mol. The highest BCUT2D eigenvalue weighted by Crippen LogP contribution is 2.25. The van der Waals surface area contributed by atoms with E-state index in [1.807, 2.05) is 0 Å². The van der Waals surface area contributed by atoms with Gasteiger partial charge in [0, 0.05) is 20.2 Å². The van der Waals surface area contributed by atoms with E-state index in [9.17, 15) is 19.7 Å². The normalized spacial score (nSPS) is 10.7. The van der Waals surface area contributed by atoms with Crippen LogP contribution in [0.15, 0.2) is 16.9 Å². The van der Waals surface area contributed by atoms with Gasteiger partial charge in [-0.3, -0.25) is 19.2 Å². The first-order valence-corrected chi connectivity index (χ1v) is 5.30. The average Bonchev–Trinajstić information content (AvgIpc) is 2.61. The number of benzene rings is 1. The fourth-order valence-corrected chi connectivity index (χ4v) is 1.96. The zero-order valence-electron chi connectivity index (χ0n) is 10.5. The number of rotatable bonds is 2. The number of aromatic nitrogens is 2. The van der Waals surface area contributed by atoms with Crippen LogP contribution >= 0.6 is 0 Å². The standard InChI is InChI=1S/C11H11N3O5/c1-12-8-4-6(10(15)19-3)7(14(17)18)5-9(8)13(2)11(12)16/h4-5H,1-3H3. The maximum Gasteiger partial charge on any atom is 0.344 e. The fourth-order valence-electron chi connectivity index (χ4n) is 1.96. The Labute approximate surface area is 107 Å². The summed E-state index contributed by atoms with van der Waals surface area (Å²) in [6, 6.07) is 2.49. The molecule has 1 heterocycles. The molecule has 0 bridgehead atoms. The third-order valence-corrected chi connectivity index (χ3v) is 2.99. The van der Waals surface area contributed by atoms with Crippen molar-refractivity contribution in [2.75, 3.05) is 7.11 Å². The molecule has 0 aliphatic heterocycles. The number of imidazole rings is 1. The van der Waals surface area contributed by atoms with Crippen LogP contribution in [0.25, 0.3) is 11.0 Å². The van der Waals surface area contributed by atoms with E-state index in [1.54, 1.807) is 0 Å². The second-order valence-electron chi connectivity index (χ2n) is 4.01. The Morgan fingerprint density at radius 3 is 2.26 bits per heavy atom. The van der Waals surface area contributed by atoms with Crippen molar-refractivity contribution >= 4 is 22.7 Å². The SMILES string of the molecule is COC(=O)c1cc2c(cc1[N+](=O)[O-])n(C)c(=O)n2C. The first-order chi connectivity index (χ1) is 8.88. The van der Waals surface area contributed by atoms with Crippen molar-refractivity contribution in [2.24, 2.45) is 14.1 Å². The Kier molecular flexibility index (Phi) is 2.85. The summed E-state index contributed by atoms with van der Waals surface area (Å²) in [5.41, 5.74) is -0.0848. The number of hydrogen-bond acceptors (Lipinski definition) is 5. The van der Waals surface area contributed by atoms with Crippen LogP contribution in [0.1, 0.15) is 10.4 Å². The predicted octanol–water partition coefficient (Wildman–Crippen LogP) is 0.572. The lowest BCUT2D eigenvalue weighted by Crippen LogP contribution is -2.19. The molecule has 2 aromatic rings. The minimum Gasteiger partial charge on any atom is -0.465 e. The minimum atomic E-state index is -0.815. The second kappa shape index (κ2) is 4.23. The number of methoxy groups -OCH3 is 1. The zero-order valence-corrected chi connectivity index (χ0v) is 10.5. The number of ether oxygens (including phenoxy) is 1. The molecule has 0 saturated heterocycles. The van der Waals surface area contributed by atoms with E-state index in [0.717, 1.165) is 7.11 Å². The Balaban J connectivity index is 2.92. The molecule has 0 amide bonds. The molecule has 0 unspecified atom stereocenters. The second-order valence-corrected chi connectivity index (χ2v) is 4.01. The summed E-state index contributed by atoms with van der Waals surface area (Å²) in [6.07, 6.45) is 0. The largest absolute Gasteiger partial charge is 0.465 e. The van der Waals surface area contributed by atoms with E-state index in [-0.39, 0.29) is 16.9 Å². The highest BCUT2D eigenvalue weighted by atomic mass is 16.6. The lowest BCUT2D eigenvalue weighted by atomic mass is 10.1. The molecule has 0 atom stereocenters. The average molecular weight is 265 g/mol. The summed E-state index contributed by atoms with van der Waals surface area (Å²) in [4.78, 5) is 33.6. The summed E-state index contributed by atoms with van der Waals surface area (Å²) >= 11 is 0. The Morgan fingerprint density at radius 2 is 1.79 bits per heavy atom. The number of carbonyl (C=O) groups is 1. The molecule has 0 saturated carbocycles. The molecule has 0 fully saturated rings. The van der Waals surface area contributed by atoms with Crippen molar-refractivity contribution in [1.29, 1.82) is 0 Å². The van der Waals surface area contributed by atoms with Crippen LogP contribution in [0.2, 0.25) is 0 Å². The zero-order chi connectivity index (χ0) is 14.3. The van der Waals surface area contributed by atoms with Crippen molar-refractivity contribution in [3.05, 3.63) is 38.3 Å². The van der Waals surface area contributed by atoms with Crippen LogP contribution in [0.4, 0.5) is 5.69 Å². The molecule has 0 spiro atoms. The smallest absolute Gasteiger partial charge is 0.344 e. The monoisotopic (exact) mass is 265 g/mol. The number of nitro groups is 1. The summed E-state index contributed by atoms with van der Waals surface area (Å²) in [5.74, 6) is -0.815. The summed E-state index contributed by atoms with van der Waals surface area (Å²) in [5, 5.41) is 11.0. The van der Waals surface area contributed by atoms with E-state index < -0.39 is 10.9 Å². The number of aryl methyl sites for hydroxylation is 2. The van der Waals surface area contributed by atoms with Gasteiger partial charge in [0.05, 0.1) is 23.1 Å². The molecule has 0 radical (unpaired) electrons. The molecule has 0 N–H and O–H groups in total. The van der Waals surface area contributed by atoms with Gasteiger partial charge in [-0.2, -0.15) is 0 Å². The van der Waals surface area contributed by atoms with Crippen molar-refractivity contribution in [2.45, 2.75) is 0 Å². The van der Waals surface area contributed by atoms with E-state index in [0.29, 0.717) is 11.0 Å². The van der Waals surface area contributed by atoms with Gasteiger partial charge in [0.25, 0.3) is 5.69 Å². The number of hydrogen-bond donors (Lipinski definition) is 0. The van der Waals surface area contributed by atoms with Crippen LogP contribution in [-0.2, 0) is 18.8 Å². The van der Waals surface area contributed by atoms with Gasteiger partial charge in [0.2, 0.25) is 0 Å². The quantitative estimate of drug-likeness (QED) is 0.449. The van der Waals surface area contributed by atoms with Crippen LogP contribution < -0.4 is 5.69 Å². The molecule has 2 rings (SSSR count). The Morgan fingerprint density at radius 1 is 1.26 bits per heavy atom. The number of carbonyl (C=O) groups excluding carboxylic acids is 1. The first-order valence-electron chi connectivity index (χ1n) is 5.30. The molecule has 0 aliphatic rings. The number of nitro benzene ring substituents is 1. The van der Waals surface area contributed by atoms with Crippen molar-refractivity contribution < 1.29 is 14.5 Å². The van der Waals surface area contributed by atoms with Crippen LogP contribution in [0, 0.1) is 10.1 Å². The minimum absolute atomic E-state index is 0.179. The molecule has 1 aromatic heterocycles. The molecule has 8 heteroatoms. The molecule has 8 nitrogen and oxygen atoms in total. The first kappa shape index (κ1) is 12.8. The van der Waals surface area contributed by atoms with Gasteiger partial charge >= 0.3 is 11.7 Å². The number of fused-ring (bicyclic) bond motifs is 1. The van der Waals surface area contributed by atoms with Gasteiger partial charge in [0.1, 0.15) is 5.56 Å². The Hall–Kier alpha value is -2.64. The van der Waals surface area contributed by atoms with Crippen LogP contribution in [0.5, 0.6) is 0 Å². The van der Waals surface area contributed by atoms with Gasteiger partial charge in [0.15, 0.2) is 0 Å². The number of esters is 1. The molecule has 100 valence electrons. The lowest BCUT2D eigenvalue weighted by molar-refractivity contribution is -0.385. The van der Waals surface area contributed by atoms with E-state index in [1.165, 1.54) is 35.4 Å². The molecular formula is C11H11N3O5. The van der Waals surface area contributed by atoms with Gasteiger partial charge in [-0.25, -0.2) is 9.59 Å². The third-order valence-electron chi connectivity index (χ3n) is 2.99. The maximum absolute atomic E-state index is 11.8. The third kappa shape index (κ3) is 1.77. The highest BCUT2D eigenvalue weighted by molar-refractivity contribution is 5.98. The van der Waals surface area contributed by atoms with Crippen molar-refractivity contribution in [1.82, 2.24) is 9.13 Å². The molecular weight excluding hydrogens is 254 g/mol. The van der Waals surface area contributed by atoms with Crippen LogP contribution in [-0.4, -0.2) is 27.1 Å². The van der Waals surface area contributed by atoms with Crippen LogP contribution in [0.3, 0.4) is 0 Å². The van der Waals surface area contributed by atoms with Crippen molar-refractivity contribution in [3.63, 3.8) is 0 Å². The summed E-state index contributed by atoms with van der Waals surface area (Å²) < 4.78 is 7.11. The Bertz CT molecular complexity index is 756. The summed E-state index contributed by atoms with van der Waals surface area (Å²) in [6.45, 7) is 0. The molecule has 19 heavy (non-hydrogen) atoms. The molecule has 1 aromatic carbocycles. The number of nitrogens with zero attached hydrogens (tertiary/aromatic N) is 3. The van der Waals surface area contributed by atoms with Gasteiger partial charge in [-0.05, 0) is 6.07 Å². The van der Waals surface area contributed by atoms with Gasteiger partial charge < -0.3 is 4.74 Å². The van der Waals surface area contributed by atoms with E-state index in [2.05, 4.69) is 4.74 Å². The van der Waals surface area contributed by atoms with E-state index >= 15 is 0 Å². The molecule has 0 aliphatic carbocycles. The topological polar surface area (TPSA) is 96.4 Å². The summed E-state index contributed by atoms with van der Waals surface area (Å²) in [7, 11) is 4.17. The highest BCUT2D eigenvalue weighted by Gasteiger charge is 2.24. The van der Waals surface area contributed by atoms with Gasteiger partial charge in [-0.15, -0.1) is 0 Å².